The van der Waals surface area contributed by atoms with Gasteiger partial charge in [-0.3, -0.25) is 0 Å². The molecule has 0 spiro atoms. The van der Waals surface area contributed by atoms with Gasteiger partial charge in [-0.15, -0.1) is 0 Å². The molecule has 0 fully saturated rings. The molecule has 9 aromatic carbocycles. The second-order valence-electron chi connectivity index (χ2n) is 13.9. The Bertz CT molecular complexity index is 2860. The summed E-state index contributed by atoms with van der Waals surface area (Å²) >= 11 is 0. The first kappa shape index (κ1) is 27.7. The molecule has 0 aliphatic heterocycles. The van der Waals surface area contributed by atoms with Gasteiger partial charge < -0.3 is 0 Å². The second kappa shape index (κ2) is 10.6. The van der Waals surface area contributed by atoms with E-state index in [2.05, 4.69) is 170 Å². The minimum absolute atomic E-state index is 1.01. The molecular weight excluding hydrogens is 601 g/mol. The van der Waals surface area contributed by atoms with Crippen LogP contribution in [0.5, 0.6) is 0 Å². The summed E-state index contributed by atoms with van der Waals surface area (Å²) in [4.78, 5) is 0. The van der Waals surface area contributed by atoms with E-state index in [1.165, 1.54) is 110 Å². The Morgan fingerprint density at radius 3 is 1.74 bits per heavy atom. The van der Waals surface area contributed by atoms with Crippen LogP contribution >= 0.6 is 0 Å². The van der Waals surface area contributed by atoms with Crippen molar-refractivity contribution in [2.45, 2.75) is 12.8 Å². The number of hydrogen-bond acceptors (Lipinski definition) is 0. The Hall–Kier alpha value is -6.24. The third-order valence-electron chi connectivity index (χ3n) is 11.3. The van der Waals surface area contributed by atoms with E-state index in [9.17, 15) is 0 Å². The van der Waals surface area contributed by atoms with Crippen LogP contribution in [0.2, 0.25) is 0 Å². The highest BCUT2D eigenvalue weighted by molar-refractivity contribution is 6.25. The van der Waals surface area contributed by atoms with E-state index >= 15 is 0 Å². The topological polar surface area (TPSA) is 0 Å². The summed E-state index contributed by atoms with van der Waals surface area (Å²) in [6.07, 6.45) is 9.07. The molecule has 0 heteroatoms. The summed E-state index contributed by atoms with van der Waals surface area (Å²) in [6.45, 7) is 0. The van der Waals surface area contributed by atoms with Crippen LogP contribution in [0, 0.1) is 0 Å². The number of rotatable bonds is 4. The summed E-state index contributed by atoms with van der Waals surface area (Å²) in [5.41, 5.74) is 15.8. The molecule has 50 heavy (non-hydrogen) atoms. The van der Waals surface area contributed by atoms with Crippen molar-refractivity contribution < 1.29 is 0 Å². The first-order valence-electron chi connectivity index (χ1n) is 17.7. The van der Waals surface area contributed by atoms with E-state index in [4.69, 9.17) is 0 Å². The molecule has 232 valence electrons. The minimum Gasteiger partial charge on any atom is -0.0795 e. The van der Waals surface area contributed by atoms with Gasteiger partial charge in [-0.2, -0.15) is 0 Å². The van der Waals surface area contributed by atoms with Crippen LogP contribution in [0.15, 0.2) is 164 Å². The molecule has 0 amide bonds. The number of allylic oxidation sites excluding steroid dienone is 3. The maximum atomic E-state index is 2.43. The van der Waals surface area contributed by atoms with Gasteiger partial charge in [0.25, 0.3) is 0 Å². The van der Waals surface area contributed by atoms with Crippen molar-refractivity contribution in [3.05, 3.63) is 181 Å². The molecule has 0 bridgehead atoms. The van der Waals surface area contributed by atoms with Crippen molar-refractivity contribution in [2.24, 2.45) is 0 Å². The molecule has 0 saturated heterocycles. The standard InChI is InChI=1S/C50H32/c1-2-10-43(44-28-24-40-22-20-36-6-4-8-38-26-30-46(44)50(40)48(36)38)41(9-1)33-15-11-31(12-16-33)32-13-17-34(18-14-32)42-27-23-39-21-19-35-5-3-7-37-25-29-45(42)49(39)47(35)37/h1-5,7-21,23-30H,6,22H2. The van der Waals surface area contributed by atoms with Crippen LogP contribution in [0.1, 0.15) is 23.1 Å². The fraction of sp³-hybridized carbons (Fsp3) is 0.0400. The first-order valence-corrected chi connectivity index (χ1v) is 17.7. The van der Waals surface area contributed by atoms with Crippen LogP contribution in [-0.2, 0) is 6.42 Å². The van der Waals surface area contributed by atoms with Gasteiger partial charge >= 0.3 is 0 Å². The predicted octanol–water partition coefficient (Wildman–Crippen LogP) is 13.8. The highest BCUT2D eigenvalue weighted by Crippen LogP contribution is 2.45. The molecule has 0 saturated carbocycles. The van der Waals surface area contributed by atoms with E-state index in [1.807, 2.05) is 0 Å². The smallest absolute Gasteiger partial charge is 0.00206 e. The Balaban J connectivity index is 0.950. The lowest BCUT2D eigenvalue weighted by atomic mass is 9.79. The van der Waals surface area contributed by atoms with Crippen molar-refractivity contribution in [3.63, 3.8) is 0 Å². The van der Waals surface area contributed by atoms with E-state index in [1.54, 1.807) is 0 Å². The molecule has 2 aliphatic rings. The van der Waals surface area contributed by atoms with Gasteiger partial charge in [-0.25, -0.2) is 0 Å². The Morgan fingerprint density at radius 2 is 0.960 bits per heavy atom. The zero-order chi connectivity index (χ0) is 32.8. The monoisotopic (exact) mass is 632 g/mol. The van der Waals surface area contributed by atoms with Gasteiger partial charge in [0.15, 0.2) is 0 Å². The van der Waals surface area contributed by atoms with Crippen molar-refractivity contribution in [2.75, 3.05) is 0 Å². The van der Waals surface area contributed by atoms with E-state index < -0.39 is 0 Å². The van der Waals surface area contributed by atoms with Gasteiger partial charge in [-0.05, 0) is 123 Å². The van der Waals surface area contributed by atoms with Crippen LogP contribution < -0.4 is 0 Å². The van der Waals surface area contributed by atoms with Crippen molar-refractivity contribution in [1.82, 2.24) is 0 Å². The van der Waals surface area contributed by atoms with Gasteiger partial charge in [0, 0.05) is 0 Å². The summed E-state index contributed by atoms with van der Waals surface area (Å²) in [7, 11) is 0. The van der Waals surface area contributed by atoms with Gasteiger partial charge in [0.2, 0.25) is 0 Å². The average Bonchev–Trinajstić information content (AvgIpc) is 3.19. The predicted molar refractivity (Wildman–Crippen MR) is 215 cm³/mol. The molecule has 2 aliphatic carbocycles. The molecule has 11 rings (SSSR count). The third-order valence-corrected chi connectivity index (χ3v) is 11.3. The molecule has 9 aromatic rings. The lowest BCUT2D eigenvalue weighted by Gasteiger charge is -2.25. The molecule has 0 radical (unpaired) electrons. The lowest BCUT2D eigenvalue weighted by Crippen LogP contribution is -2.03. The highest BCUT2D eigenvalue weighted by atomic mass is 14.3. The fourth-order valence-corrected chi connectivity index (χ4v) is 8.90. The minimum atomic E-state index is 1.01. The van der Waals surface area contributed by atoms with Crippen molar-refractivity contribution in [3.8, 4) is 44.5 Å². The van der Waals surface area contributed by atoms with Crippen LogP contribution in [0.25, 0.3) is 99.2 Å². The largest absolute Gasteiger partial charge is 0.0795 e. The van der Waals surface area contributed by atoms with Crippen LogP contribution in [0.4, 0.5) is 0 Å². The fourth-order valence-electron chi connectivity index (χ4n) is 8.90. The molecular formula is C50H32. The molecule has 0 N–H and O–H groups in total. The number of hydrogen-bond donors (Lipinski definition) is 0. The highest BCUT2D eigenvalue weighted by Gasteiger charge is 2.22. The summed E-state index contributed by atoms with van der Waals surface area (Å²) in [6, 6.07) is 56.7. The molecule has 0 aromatic heterocycles. The lowest BCUT2D eigenvalue weighted by molar-refractivity contribution is 1.23. The van der Waals surface area contributed by atoms with Crippen LogP contribution in [0.3, 0.4) is 0 Å². The second-order valence-corrected chi connectivity index (χ2v) is 13.9. The normalized spacial score (nSPS) is 13.5. The molecule has 0 nitrogen and oxygen atoms in total. The van der Waals surface area contributed by atoms with Gasteiger partial charge in [-0.1, -0.05) is 170 Å². The SMILES string of the molecule is C1=Cc2ccc3c(-c4ccccc4-c4ccc(-c5ccc(-c6ccc7ccc8cccc9ccc6c7c89)cc5)cc4)ccc4c3c2C(=CC4)C1. The zero-order valence-electron chi connectivity index (χ0n) is 27.6. The van der Waals surface area contributed by atoms with Crippen molar-refractivity contribution >= 4 is 54.7 Å². The van der Waals surface area contributed by atoms with E-state index in [-0.39, 0.29) is 0 Å². The summed E-state index contributed by atoms with van der Waals surface area (Å²) < 4.78 is 0. The van der Waals surface area contributed by atoms with E-state index in [0.29, 0.717) is 0 Å². The van der Waals surface area contributed by atoms with Gasteiger partial charge in [0.05, 0.1) is 0 Å². The van der Waals surface area contributed by atoms with Crippen molar-refractivity contribution in [1.29, 1.82) is 0 Å². The average molecular weight is 633 g/mol. The Kier molecular flexibility index (Phi) is 5.89. The third kappa shape index (κ3) is 4.06. The van der Waals surface area contributed by atoms with E-state index in [0.717, 1.165) is 12.8 Å². The maximum Gasteiger partial charge on any atom is -0.00206 e. The Labute approximate surface area is 291 Å². The zero-order valence-corrected chi connectivity index (χ0v) is 27.6. The summed E-state index contributed by atoms with van der Waals surface area (Å²) in [5, 5.41) is 10.8. The maximum absolute atomic E-state index is 2.43. The quantitative estimate of drug-likeness (QED) is 0.169. The van der Waals surface area contributed by atoms with Crippen LogP contribution in [-0.4, -0.2) is 0 Å². The first-order chi connectivity index (χ1) is 24.8. The number of benzene rings is 9. The molecule has 0 atom stereocenters. The van der Waals surface area contributed by atoms with Gasteiger partial charge in [0.1, 0.15) is 0 Å². The molecule has 0 unspecified atom stereocenters. The Morgan fingerprint density at radius 1 is 0.360 bits per heavy atom. The summed E-state index contributed by atoms with van der Waals surface area (Å²) in [5.74, 6) is 0. The molecule has 0 heterocycles.